The number of carbonyl (C=O) groups excluding carboxylic acids is 1. The first-order valence-electron chi connectivity index (χ1n) is 11.0. The van der Waals surface area contributed by atoms with Gasteiger partial charge in [0.2, 0.25) is 5.95 Å². The zero-order valence-corrected chi connectivity index (χ0v) is 19.5. The summed E-state index contributed by atoms with van der Waals surface area (Å²) in [5, 5.41) is 7.15. The molecule has 2 aromatic heterocycles. The van der Waals surface area contributed by atoms with Crippen LogP contribution in [0.25, 0.3) is 11.3 Å². The van der Waals surface area contributed by atoms with Crippen LogP contribution in [0.5, 0.6) is 0 Å². The van der Waals surface area contributed by atoms with Crippen LogP contribution in [0, 0.1) is 13.8 Å². The van der Waals surface area contributed by atoms with Gasteiger partial charge in [0, 0.05) is 48.7 Å². The smallest absolute Gasteiger partial charge is 0.268 e. The van der Waals surface area contributed by atoms with Crippen molar-refractivity contribution in [3.05, 3.63) is 64.1 Å². The third-order valence-electron chi connectivity index (χ3n) is 5.93. The van der Waals surface area contributed by atoms with Gasteiger partial charge in [-0.15, -0.1) is 0 Å². The average molecular weight is 453 g/mol. The van der Waals surface area contributed by atoms with Crippen molar-refractivity contribution < 1.29 is 4.79 Å². The first-order chi connectivity index (χ1) is 15.5. The number of nitrogens with one attached hydrogen (secondary N) is 3. The van der Waals surface area contributed by atoms with Crippen molar-refractivity contribution in [1.29, 1.82) is 0 Å². The Bertz CT molecular complexity index is 1110. The van der Waals surface area contributed by atoms with Gasteiger partial charge in [-0.25, -0.2) is 9.97 Å². The number of nitrogens with zero attached hydrogens (tertiary/aromatic N) is 3. The molecule has 8 heteroatoms. The zero-order chi connectivity index (χ0) is 22.7. The highest BCUT2D eigenvalue weighted by atomic mass is 35.5. The minimum atomic E-state index is -0.139. The van der Waals surface area contributed by atoms with Crippen LogP contribution in [0.3, 0.4) is 0 Å². The summed E-state index contributed by atoms with van der Waals surface area (Å²) < 4.78 is 0. The standard InChI is InChI=1S/C24H29ClN6O/c1-4-19(17-6-5-7-18(25)14-17)29-23(32)22-15(2)21(16(3)28-22)20-8-9-27-24(30-20)31-12-10-26-11-13-31/h5-9,14,19,26,28H,4,10-13H2,1-3H3,(H,29,32). The van der Waals surface area contributed by atoms with E-state index >= 15 is 0 Å². The number of H-pyrrole nitrogens is 1. The van der Waals surface area contributed by atoms with Gasteiger partial charge in [0.05, 0.1) is 11.7 Å². The number of aryl methyl sites for hydroxylation is 1. The predicted molar refractivity (Wildman–Crippen MR) is 128 cm³/mol. The Morgan fingerprint density at radius 1 is 1.25 bits per heavy atom. The molecule has 1 unspecified atom stereocenters. The quantitative estimate of drug-likeness (QED) is 0.525. The Balaban J connectivity index is 1.59. The molecule has 3 aromatic rings. The molecule has 0 aliphatic carbocycles. The van der Waals surface area contributed by atoms with Crippen LogP contribution < -0.4 is 15.5 Å². The van der Waals surface area contributed by atoms with Crippen LogP contribution in [0.4, 0.5) is 5.95 Å². The Kier molecular flexibility index (Phi) is 6.77. The maximum absolute atomic E-state index is 13.2. The second-order valence-electron chi connectivity index (χ2n) is 8.09. The highest BCUT2D eigenvalue weighted by molar-refractivity contribution is 6.30. The molecule has 1 aliphatic heterocycles. The number of piperazine rings is 1. The van der Waals surface area contributed by atoms with Crippen LogP contribution in [0.15, 0.2) is 36.5 Å². The van der Waals surface area contributed by atoms with E-state index in [9.17, 15) is 4.79 Å². The molecular formula is C24H29ClN6O. The van der Waals surface area contributed by atoms with Gasteiger partial charge in [-0.05, 0) is 49.6 Å². The Morgan fingerprint density at radius 3 is 2.75 bits per heavy atom. The van der Waals surface area contributed by atoms with Gasteiger partial charge in [0.1, 0.15) is 5.69 Å². The minimum Gasteiger partial charge on any atom is -0.354 e. The minimum absolute atomic E-state index is 0.119. The van der Waals surface area contributed by atoms with Crippen molar-refractivity contribution in [2.75, 3.05) is 31.1 Å². The molecule has 32 heavy (non-hydrogen) atoms. The molecular weight excluding hydrogens is 424 g/mol. The van der Waals surface area contributed by atoms with E-state index in [1.54, 1.807) is 6.20 Å². The first-order valence-corrected chi connectivity index (χ1v) is 11.4. The first kappa shape index (κ1) is 22.3. The van der Waals surface area contributed by atoms with Crippen molar-refractivity contribution in [3.8, 4) is 11.3 Å². The van der Waals surface area contributed by atoms with Crippen LogP contribution >= 0.6 is 11.6 Å². The summed E-state index contributed by atoms with van der Waals surface area (Å²) in [7, 11) is 0. The number of benzene rings is 1. The topological polar surface area (TPSA) is 85.9 Å². The number of carbonyl (C=O) groups is 1. The van der Waals surface area contributed by atoms with Crippen LogP contribution in [-0.4, -0.2) is 47.0 Å². The fourth-order valence-electron chi connectivity index (χ4n) is 4.24. The molecule has 3 N–H and O–H groups in total. The largest absolute Gasteiger partial charge is 0.354 e. The van der Waals surface area contributed by atoms with E-state index in [1.165, 1.54) is 0 Å². The third kappa shape index (κ3) is 4.64. The Morgan fingerprint density at radius 2 is 2.03 bits per heavy atom. The average Bonchev–Trinajstić information content (AvgIpc) is 3.12. The number of aromatic nitrogens is 3. The van der Waals surface area contributed by atoms with Gasteiger partial charge in [-0.1, -0.05) is 30.7 Å². The lowest BCUT2D eigenvalue weighted by Crippen LogP contribution is -2.44. The van der Waals surface area contributed by atoms with E-state index in [-0.39, 0.29) is 11.9 Å². The third-order valence-corrected chi connectivity index (χ3v) is 6.16. The Hall–Kier alpha value is -2.90. The molecule has 7 nitrogen and oxygen atoms in total. The summed E-state index contributed by atoms with van der Waals surface area (Å²) in [4.78, 5) is 27.9. The van der Waals surface area contributed by atoms with E-state index in [0.29, 0.717) is 10.7 Å². The molecule has 1 amide bonds. The molecule has 1 saturated heterocycles. The lowest BCUT2D eigenvalue weighted by atomic mass is 10.0. The lowest BCUT2D eigenvalue weighted by molar-refractivity contribution is 0.0930. The molecule has 168 valence electrons. The fraction of sp³-hybridized carbons (Fsp3) is 0.375. The van der Waals surface area contributed by atoms with Gasteiger partial charge in [-0.2, -0.15) is 0 Å². The monoisotopic (exact) mass is 452 g/mol. The SMILES string of the molecule is CCC(NC(=O)c1[nH]c(C)c(-c2ccnc(N3CCNCC3)n2)c1C)c1cccc(Cl)c1. The summed E-state index contributed by atoms with van der Waals surface area (Å²) in [5.41, 5.74) is 5.11. The maximum Gasteiger partial charge on any atom is 0.268 e. The maximum atomic E-state index is 13.2. The number of rotatable bonds is 6. The van der Waals surface area contributed by atoms with Gasteiger partial charge in [0.25, 0.3) is 5.91 Å². The van der Waals surface area contributed by atoms with Gasteiger partial charge in [-0.3, -0.25) is 4.79 Å². The number of hydrogen-bond donors (Lipinski definition) is 3. The van der Waals surface area contributed by atoms with E-state index in [1.807, 2.05) is 51.1 Å². The highest BCUT2D eigenvalue weighted by Crippen LogP contribution is 2.30. The second kappa shape index (κ2) is 9.71. The molecule has 0 bridgehead atoms. The van der Waals surface area contributed by atoms with Crippen LogP contribution in [0.1, 0.15) is 46.7 Å². The van der Waals surface area contributed by atoms with Crippen molar-refractivity contribution in [1.82, 2.24) is 25.6 Å². The van der Waals surface area contributed by atoms with Gasteiger partial charge in [0.15, 0.2) is 0 Å². The highest BCUT2D eigenvalue weighted by Gasteiger charge is 2.23. The number of hydrogen-bond acceptors (Lipinski definition) is 5. The molecule has 0 radical (unpaired) electrons. The van der Waals surface area contributed by atoms with Gasteiger partial charge >= 0.3 is 0 Å². The van der Waals surface area contributed by atoms with E-state index in [4.69, 9.17) is 16.6 Å². The summed E-state index contributed by atoms with van der Waals surface area (Å²) >= 11 is 6.15. The summed E-state index contributed by atoms with van der Waals surface area (Å²) in [6.07, 6.45) is 2.55. The molecule has 1 atom stereocenters. The predicted octanol–water partition coefficient (Wildman–Crippen LogP) is 4.03. The lowest BCUT2D eigenvalue weighted by Gasteiger charge is -2.27. The van der Waals surface area contributed by atoms with Gasteiger partial charge < -0.3 is 20.5 Å². The van der Waals surface area contributed by atoms with Crippen molar-refractivity contribution >= 4 is 23.5 Å². The number of aromatic amines is 1. The molecule has 1 aromatic carbocycles. The second-order valence-corrected chi connectivity index (χ2v) is 8.53. The number of anilines is 1. The fourth-order valence-corrected chi connectivity index (χ4v) is 4.44. The normalized spacial score (nSPS) is 14.9. The summed E-state index contributed by atoms with van der Waals surface area (Å²) in [6.45, 7) is 9.58. The van der Waals surface area contributed by atoms with Crippen molar-refractivity contribution in [2.45, 2.75) is 33.2 Å². The number of amides is 1. The van der Waals surface area contributed by atoms with E-state index in [0.717, 1.165) is 66.6 Å². The Labute approximate surface area is 193 Å². The molecule has 3 heterocycles. The zero-order valence-electron chi connectivity index (χ0n) is 18.7. The number of halogens is 1. The van der Waals surface area contributed by atoms with Crippen LogP contribution in [0.2, 0.25) is 5.02 Å². The molecule has 4 rings (SSSR count). The van der Waals surface area contributed by atoms with Crippen LogP contribution in [-0.2, 0) is 0 Å². The van der Waals surface area contributed by atoms with E-state index < -0.39 is 0 Å². The van der Waals surface area contributed by atoms with Crippen molar-refractivity contribution in [2.24, 2.45) is 0 Å². The molecule has 1 fully saturated rings. The van der Waals surface area contributed by atoms with E-state index in [2.05, 4.69) is 25.5 Å². The van der Waals surface area contributed by atoms with Crippen molar-refractivity contribution in [3.63, 3.8) is 0 Å². The summed E-state index contributed by atoms with van der Waals surface area (Å²) in [6, 6.07) is 9.40. The summed E-state index contributed by atoms with van der Waals surface area (Å²) in [5.74, 6) is 0.585. The molecule has 0 saturated carbocycles. The molecule has 0 spiro atoms. The molecule has 1 aliphatic rings.